The quantitative estimate of drug-likeness (QED) is 0.274. The molecule has 0 aliphatic carbocycles. The lowest BCUT2D eigenvalue weighted by Crippen LogP contribution is -2.15. The van der Waals surface area contributed by atoms with Crippen LogP contribution >= 0.6 is 11.3 Å². The minimum Gasteiger partial charge on any atom is -0.497 e. The highest BCUT2D eigenvalue weighted by Gasteiger charge is 2.26. The van der Waals surface area contributed by atoms with E-state index in [1.54, 1.807) is 13.2 Å². The lowest BCUT2D eigenvalue weighted by molar-refractivity contribution is 0.0696. The van der Waals surface area contributed by atoms with Crippen molar-refractivity contribution >= 4 is 17.3 Å². The van der Waals surface area contributed by atoms with E-state index < -0.39 is 5.97 Å². The maximum atomic E-state index is 12.2. The van der Waals surface area contributed by atoms with Crippen molar-refractivity contribution in [1.29, 1.82) is 0 Å². The van der Waals surface area contributed by atoms with E-state index >= 15 is 0 Å². The molecule has 35 heavy (non-hydrogen) atoms. The summed E-state index contributed by atoms with van der Waals surface area (Å²) in [6.07, 6.45) is 0. The van der Waals surface area contributed by atoms with Gasteiger partial charge in [-0.05, 0) is 48.4 Å². The minimum absolute atomic E-state index is 0.202. The largest absolute Gasteiger partial charge is 0.497 e. The SMILES string of the molecule is COc1ccc(-c2nc(-c3cc(C(=O)O)c(C)n3C(c3ccccc3)c3ccccc3)cs2)cc1. The average Bonchev–Trinajstić information content (AvgIpc) is 3.51. The summed E-state index contributed by atoms with van der Waals surface area (Å²) in [5.41, 5.74) is 5.60. The monoisotopic (exact) mass is 480 g/mol. The molecule has 5 rings (SSSR count). The number of aromatic carboxylic acids is 1. The highest BCUT2D eigenvalue weighted by Crippen LogP contribution is 2.38. The Hall–Kier alpha value is -4.16. The Balaban J connectivity index is 1.69. The highest BCUT2D eigenvalue weighted by molar-refractivity contribution is 7.13. The van der Waals surface area contributed by atoms with Gasteiger partial charge in [-0.1, -0.05) is 60.7 Å². The number of thiazole rings is 1. The molecule has 174 valence electrons. The summed E-state index contributed by atoms with van der Waals surface area (Å²) in [5, 5.41) is 12.8. The number of carboxylic acid groups (broad SMARTS) is 1. The van der Waals surface area contributed by atoms with E-state index in [-0.39, 0.29) is 11.6 Å². The van der Waals surface area contributed by atoms with Gasteiger partial charge in [0.15, 0.2) is 0 Å². The number of hydrogen-bond donors (Lipinski definition) is 1. The molecule has 5 nitrogen and oxygen atoms in total. The van der Waals surface area contributed by atoms with Crippen molar-refractivity contribution in [3.8, 4) is 27.7 Å². The zero-order valence-electron chi connectivity index (χ0n) is 19.4. The van der Waals surface area contributed by atoms with Crippen LogP contribution in [0.15, 0.2) is 96.4 Å². The molecule has 0 aliphatic rings. The van der Waals surface area contributed by atoms with Gasteiger partial charge in [-0.3, -0.25) is 0 Å². The maximum Gasteiger partial charge on any atom is 0.337 e. The first-order valence-electron chi connectivity index (χ1n) is 11.2. The smallest absolute Gasteiger partial charge is 0.337 e. The Labute approximate surface area is 207 Å². The van der Waals surface area contributed by atoms with E-state index in [2.05, 4.69) is 28.8 Å². The van der Waals surface area contributed by atoms with Gasteiger partial charge in [-0.15, -0.1) is 11.3 Å². The summed E-state index contributed by atoms with van der Waals surface area (Å²) in [6.45, 7) is 1.86. The third-order valence-corrected chi connectivity index (χ3v) is 7.01. The van der Waals surface area contributed by atoms with Crippen molar-refractivity contribution in [2.75, 3.05) is 7.11 Å². The summed E-state index contributed by atoms with van der Waals surface area (Å²) in [6, 6.07) is 29.6. The summed E-state index contributed by atoms with van der Waals surface area (Å²) >= 11 is 1.53. The van der Waals surface area contributed by atoms with E-state index in [1.165, 1.54) is 11.3 Å². The van der Waals surface area contributed by atoms with Crippen LogP contribution in [0.3, 0.4) is 0 Å². The zero-order chi connectivity index (χ0) is 24.4. The molecule has 0 amide bonds. The number of nitrogens with zero attached hydrogens (tertiary/aromatic N) is 2. The van der Waals surface area contributed by atoms with Crippen molar-refractivity contribution in [3.05, 3.63) is 119 Å². The van der Waals surface area contributed by atoms with E-state index in [0.717, 1.165) is 38.8 Å². The molecule has 0 saturated carbocycles. The summed E-state index contributed by atoms with van der Waals surface area (Å²) < 4.78 is 7.37. The minimum atomic E-state index is -0.951. The number of carboxylic acids is 1. The molecule has 6 heteroatoms. The number of hydrogen-bond acceptors (Lipinski definition) is 4. The fraction of sp³-hybridized carbons (Fsp3) is 0.103. The molecule has 1 N–H and O–H groups in total. The fourth-order valence-electron chi connectivity index (χ4n) is 4.39. The van der Waals surface area contributed by atoms with Crippen LogP contribution in [0.1, 0.15) is 33.2 Å². The topological polar surface area (TPSA) is 64.3 Å². The normalized spacial score (nSPS) is 11.1. The van der Waals surface area contributed by atoms with Crippen LogP contribution in [0.5, 0.6) is 5.75 Å². The molecule has 0 bridgehead atoms. The van der Waals surface area contributed by atoms with Crippen molar-refractivity contribution < 1.29 is 14.6 Å². The molecule has 5 aromatic rings. The standard InChI is InChI=1S/C29H24N2O3S/c1-19-24(29(32)33)17-26(25-18-35-28(30-25)22-13-15-23(34-2)16-14-22)31(19)27(20-9-5-3-6-10-20)21-11-7-4-8-12-21/h3-18,27H,1-2H3,(H,32,33). The van der Waals surface area contributed by atoms with Crippen LogP contribution in [0, 0.1) is 6.92 Å². The van der Waals surface area contributed by atoms with Gasteiger partial charge in [0.1, 0.15) is 10.8 Å². The number of carbonyl (C=O) groups is 1. The highest BCUT2D eigenvalue weighted by atomic mass is 32.1. The van der Waals surface area contributed by atoms with Crippen LogP contribution in [-0.2, 0) is 0 Å². The lowest BCUT2D eigenvalue weighted by Gasteiger charge is -2.24. The Bertz CT molecular complexity index is 1420. The molecule has 0 saturated heterocycles. The first-order valence-corrected chi connectivity index (χ1v) is 12.1. The van der Waals surface area contributed by atoms with Crippen LogP contribution in [0.2, 0.25) is 0 Å². The van der Waals surface area contributed by atoms with E-state index in [0.29, 0.717) is 5.69 Å². The number of rotatable bonds is 7. The van der Waals surface area contributed by atoms with Crippen LogP contribution in [0.25, 0.3) is 22.0 Å². The summed E-state index contributed by atoms with van der Waals surface area (Å²) in [4.78, 5) is 17.1. The number of ether oxygens (including phenoxy) is 1. The molecule has 0 radical (unpaired) electrons. The molecule has 0 atom stereocenters. The van der Waals surface area contributed by atoms with Crippen molar-refractivity contribution in [3.63, 3.8) is 0 Å². The molecule has 3 aromatic carbocycles. The van der Waals surface area contributed by atoms with E-state index in [1.807, 2.05) is 73.0 Å². The Morgan fingerprint density at radius 2 is 1.54 bits per heavy atom. The van der Waals surface area contributed by atoms with Crippen molar-refractivity contribution in [1.82, 2.24) is 9.55 Å². The predicted molar refractivity (Wildman–Crippen MR) is 139 cm³/mol. The third kappa shape index (κ3) is 4.36. The number of methoxy groups -OCH3 is 1. The predicted octanol–water partition coefficient (Wildman–Crippen LogP) is 6.93. The van der Waals surface area contributed by atoms with E-state index in [9.17, 15) is 9.90 Å². The fourth-order valence-corrected chi connectivity index (χ4v) is 5.21. The Kier molecular flexibility index (Phi) is 6.21. The maximum absolute atomic E-state index is 12.2. The van der Waals surface area contributed by atoms with Crippen LogP contribution < -0.4 is 4.74 Å². The first-order chi connectivity index (χ1) is 17.1. The molecule has 0 unspecified atom stereocenters. The zero-order valence-corrected chi connectivity index (χ0v) is 20.2. The first kappa shape index (κ1) is 22.6. The van der Waals surface area contributed by atoms with Gasteiger partial charge in [0, 0.05) is 16.6 Å². The molecule has 2 aromatic heterocycles. The molecular weight excluding hydrogens is 456 g/mol. The summed E-state index contributed by atoms with van der Waals surface area (Å²) in [7, 11) is 1.64. The molecular formula is C29H24N2O3S. The number of benzene rings is 3. The molecule has 2 heterocycles. The lowest BCUT2D eigenvalue weighted by atomic mass is 9.97. The third-order valence-electron chi connectivity index (χ3n) is 6.11. The van der Waals surface area contributed by atoms with Gasteiger partial charge in [0.25, 0.3) is 0 Å². The second-order valence-corrected chi connectivity index (χ2v) is 9.05. The molecule has 0 fully saturated rings. The van der Waals surface area contributed by atoms with Gasteiger partial charge in [-0.2, -0.15) is 0 Å². The second kappa shape index (κ2) is 9.60. The Morgan fingerprint density at radius 3 is 2.09 bits per heavy atom. The van der Waals surface area contributed by atoms with Gasteiger partial charge in [0.05, 0.1) is 30.1 Å². The molecule has 0 spiro atoms. The average molecular weight is 481 g/mol. The molecule has 0 aliphatic heterocycles. The number of aromatic nitrogens is 2. The van der Waals surface area contributed by atoms with Crippen molar-refractivity contribution in [2.24, 2.45) is 0 Å². The van der Waals surface area contributed by atoms with Crippen LogP contribution in [-0.4, -0.2) is 27.7 Å². The second-order valence-electron chi connectivity index (χ2n) is 8.19. The van der Waals surface area contributed by atoms with Crippen LogP contribution in [0.4, 0.5) is 0 Å². The van der Waals surface area contributed by atoms with E-state index in [4.69, 9.17) is 9.72 Å². The van der Waals surface area contributed by atoms with Gasteiger partial charge in [-0.25, -0.2) is 9.78 Å². The van der Waals surface area contributed by atoms with Gasteiger partial charge in [0.2, 0.25) is 0 Å². The Morgan fingerprint density at radius 1 is 0.943 bits per heavy atom. The van der Waals surface area contributed by atoms with Crippen molar-refractivity contribution in [2.45, 2.75) is 13.0 Å². The van der Waals surface area contributed by atoms with Gasteiger partial charge < -0.3 is 14.4 Å². The summed E-state index contributed by atoms with van der Waals surface area (Å²) in [5.74, 6) is -0.164. The van der Waals surface area contributed by atoms with Gasteiger partial charge >= 0.3 is 5.97 Å².